The number of carbonyl (C=O) groups excluding carboxylic acids is 2. The van der Waals surface area contributed by atoms with E-state index in [1.807, 2.05) is 0 Å². The molecule has 0 spiro atoms. The number of esters is 2. The van der Waals surface area contributed by atoms with Crippen molar-refractivity contribution >= 4 is 23.9 Å². The van der Waals surface area contributed by atoms with Gasteiger partial charge in [-0.2, -0.15) is 0 Å². The van der Waals surface area contributed by atoms with E-state index in [4.69, 9.17) is 24.4 Å². The summed E-state index contributed by atoms with van der Waals surface area (Å²) in [5.41, 5.74) is 0.643. The molecule has 2 unspecified atom stereocenters. The van der Waals surface area contributed by atoms with E-state index in [1.165, 1.54) is 7.11 Å². The second kappa shape index (κ2) is 11.2. The highest BCUT2D eigenvalue weighted by atomic mass is 16.6. The van der Waals surface area contributed by atoms with Crippen LogP contribution in [0.25, 0.3) is 0 Å². The van der Waals surface area contributed by atoms with Gasteiger partial charge < -0.3 is 29.2 Å². The molecule has 2 aliphatic heterocycles. The highest BCUT2D eigenvalue weighted by molar-refractivity contribution is 5.93. The molecule has 2 atom stereocenters. The third-order valence-corrected chi connectivity index (χ3v) is 3.70. The lowest BCUT2D eigenvalue weighted by molar-refractivity contribution is -0.145. The van der Waals surface area contributed by atoms with Crippen molar-refractivity contribution in [3.63, 3.8) is 0 Å². The molecule has 2 N–H and O–H groups in total. The van der Waals surface area contributed by atoms with Gasteiger partial charge in [0.2, 0.25) is 0 Å². The predicted octanol–water partition coefficient (Wildman–Crippen LogP) is 0.699. The minimum Gasteiger partial charge on any atom is -0.481 e. The Morgan fingerprint density at radius 3 is 2.07 bits per heavy atom. The van der Waals surface area contributed by atoms with Gasteiger partial charge in [0.25, 0.3) is 0 Å². The summed E-state index contributed by atoms with van der Waals surface area (Å²) in [7, 11) is 1.23. The summed E-state index contributed by atoms with van der Waals surface area (Å²) in [5.74, 6) is -3.37. The Kier molecular flexibility index (Phi) is 9.33. The van der Waals surface area contributed by atoms with Crippen LogP contribution in [0, 0.1) is 0 Å². The Hall–Kier alpha value is -2.72. The van der Waals surface area contributed by atoms with Crippen molar-refractivity contribution in [2.75, 3.05) is 26.9 Å². The summed E-state index contributed by atoms with van der Waals surface area (Å²) in [6.07, 6.45) is 0.0471. The zero-order valence-corrected chi connectivity index (χ0v) is 15.8. The fourth-order valence-corrected chi connectivity index (χ4v) is 2.00. The van der Waals surface area contributed by atoms with E-state index in [-0.39, 0.29) is 36.4 Å². The van der Waals surface area contributed by atoms with Crippen molar-refractivity contribution in [3.8, 4) is 0 Å². The fourth-order valence-electron chi connectivity index (χ4n) is 2.00. The number of methoxy groups -OCH3 is 1. The lowest BCUT2D eigenvalue weighted by Gasteiger charge is -2.04. The molecule has 2 saturated heterocycles. The number of rotatable bonds is 10. The average molecular weight is 400 g/mol. The van der Waals surface area contributed by atoms with Crippen LogP contribution in [0.4, 0.5) is 0 Å². The Morgan fingerprint density at radius 1 is 1.07 bits per heavy atom. The first-order valence-corrected chi connectivity index (χ1v) is 8.42. The molecule has 0 aromatic rings. The normalized spacial score (nSPS) is 19.9. The maximum Gasteiger partial charge on any atom is 0.333 e. The van der Waals surface area contributed by atoms with Gasteiger partial charge in [0, 0.05) is 11.1 Å². The summed E-state index contributed by atoms with van der Waals surface area (Å²) < 4.78 is 19.0. The summed E-state index contributed by atoms with van der Waals surface area (Å²) >= 11 is 0. The van der Waals surface area contributed by atoms with Crippen LogP contribution in [-0.2, 0) is 38.1 Å². The van der Waals surface area contributed by atoms with Crippen LogP contribution in [0.15, 0.2) is 23.3 Å². The molecule has 0 aromatic carbocycles. The molecule has 0 radical (unpaired) electrons. The van der Waals surface area contributed by atoms with E-state index in [9.17, 15) is 19.2 Å². The summed E-state index contributed by atoms with van der Waals surface area (Å²) in [5, 5.41) is 17.3. The molecule has 2 aliphatic rings. The number of carboxylic acids is 2. The molecule has 0 bridgehead atoms. The van der Waals surface area contributed by atoms with Crippen LogP contribution >= 0.6 is 0 Å². The highest BCUT2D eigenvalue weighted by Crippen LogP contribution is 2.22. The Bertz CT molecular complexity index is 655. The maximum absolute atomic E-state index is 11.1. The van der Waals surface area contributed by atoms with Crippen LogP contribution < -0.4 is 0 Å². The number of epoxide rings is 2. The third-order valence-electron chi connectivity index (χ3n) is 3.70. The number of hydrogen-bond acceptors (Lipinski definition) is 8. The number of hydrogen-bond donors (Lipinski definition) is 2. The van der Waals surface area contributed by atoms with Gasteiger partial charge in [-0.05, 0) is 13.3 Å². The number of ether oxygens (including phenoxy) is 4. The van der Waals surface area contributed by atoms with E-state index >= 15 is 0 Å². The molecule has 156 valence electrons. The predicted molar refractivity (Wildman–Crippen MR) is 93.4 cm³/mol. The van der Waals surface area contributed by atoms with E-state index in [1.54, 1.807) is 6.92 Å². The Morgan fingerprint density at radius 2 is 1.64 bits per heavy atom. The molecular formula is C18H24O10. The van der Waals surface area contributed by atoms with Gasteiger partial charge in [0.1, 0.15) is 12.7 Å². The zero-order chi connectivity index (χ0) is 21.3. The molecule has 0 saturated carbocycles. The second-order valence-electron chi connectivity index (χ2n) is 6.20. The van der Waals surface area contributed by atoms with Crippen LogP contribution in [0.2, 0.25) is 0 Å². The van der Waals surface area contributed by atoms with Gasteiger partial charge in [-0.25, -0.2) is 9.59 Å². The van der Waals surface area contributed by atoms with E-state index in [0.29, 0.717) is 25.2 Å². The monoisotopic (exact) mass is 400 g/mol. The first kappa shape index (κ1) is 23.3. The minimum absolute atomic E-state index is 0.0327. The van der Waals surface area contributed by atoms with Crippen LogP contribution in [0.3, 0.4) is 0 Å². The van der Waals surface area contributed by atoms with Gasteiger partial charge in [-0.1, -0.05) is 12.2 Å². The second-order valence-corrected chi connectivity index (χ2v) is 6.20. The van der Waals surface area contributed by atoms with E-state index in [0.717, 1.165) is 0 Å². The Labute approximate surface area is 161 Å². The van der Waals surface area contributed by atoms with Gasteiger partial charge in [0.15, 0.2) is 0 Å². The van der Waals surface area contributed by atoms with Gasteiger partial charge in [-0.15, -0.1) is 0 Å². The van der Waals surface area contributed by atoms with Crippen LogP contribution in [0.1, 0.15) is 26.2 Å². The van der Waals surface area contributed by atoms with Gasteiger partial charge >= 0.3 is 23.9 Å². The molecule has 10 heteroatoms. The SMILES string of the molecule is C=C(CC(=O)OCC1CO1)C(=O)OC.CC(CC1CO1)=C(CC(=O)O)C(=O)O. The lowest BCUT2D eigenvalue weighted by atomic mass is 10.0. The number of carbonyl (C=O) groups is 4. The molecule has 10 nitrogen and oxygen atoms in total. The molecule has 2 fully saturated rings. The molecule has 0 aliphatic carbocycles. The Balaban J connectivity index is 0.000000280. The quantitative estimate of drug-likeness (QED) is 0.304. The highest BCUT2D eigenvalue weighted by Gasteiger charge is 2.26. The number of aliphatic carboxylic acids is 2. The fraction of sp³-hybridized carbons (Fsp3) is 0.556. The van der Waals surface area contributed by atoms with Crippen molar-refractivity contribution in [3.05, 3.63) is 23.3 Å². The first-order valence-electron chi connectivity index (χ1n) is 8.42. The summed E-state index contributed by atoms with van der Waals surface area (Å²) in [6.45, 7) is 6.54. The molecule has 2 heterocycles. The third kappa shape index (κ3) is 9.83. The topological polar surface area (TPSA) is 152 Å². The standard InChI is InChI=1S/2C9H12O5/c1-6(9(11)12-2)3-8(10)14-5-7-4-13-7;1-5(2-6-4-14-6)7(9(12)13)3-8(10)11/h7H,1,3-5H2,2H3;6H,2-4H2,1H3,(H,10,11)(H,12,13). The maximum atomic E-state index is 11.1. The van der Waals surface area contributed by atoms with Gasteiger partial charge in [-0.3, -0.25) is 9.59 Å². The summed E-state index contributed by atoms with van der Waals surface area (Å²) in [4.78, 5) is 43.0. The van der Waals surface area contributed by atoms with Gasteiger partial charge in [0.05, 0.1) is 39.3 Å². The molecule has 0 amide bonds. The van der Waals surface area contributed by atoms with E-state index < -0.39 is 30.3 Å². The van der Waals surface area contributed by atoms with Crippen molar-refractivity contribution < 1.29 is 48.3 Å². The van der Waals surface area contributed by atoms with Crippen molar-refractivity contribution in [2.24, 2.45) is 0 Å². The number of carboxylic acid groups (broad SMARTS) is 2. The van der Waals surface area contributed by atoms with Crippen LogP contribution in [-0.4, -0.2) is 73.2 Å². The molecule has 0 aromatic heterocycles. The first-order chi connectivity index (χ1) is 13.1. The van der Waals surface area contributed by atoms with Crippen molar-refractivity contribution in [1.82, 2.24) is 0 Å². The van der Waals surface area contributed by atoms with Crippen molar-refractivity contribution in [2.45, 2.75) is 38.4 Å². The minimum atomic E-state index is -1.16. The van der Waals surface area contributed by atoms with E-state index in [2.05, 4.69) is 11.3 Å². The zero-order valence-electron chi connectivity index (χ0n) is 15.8. The summed E-state index contributed by atoms with van der Waals surface area (Å²) in [6, 6.07) is 0. The van der Waals surface area contributed by atoms with Crippen LogP contribution in [0.5, 0.6) is 0 Å². The largest absolute Gasteiger partial charge is 0.481 e. The lowest BCUT2D eigenvalue weighted by Crippen LogP contribution is -2.13. The smallest absolute Gasteiger partial charge is 0.333 e. The average Bonchev–Trinajstić information content (AvgIpc) is 3.52. The molecular weight excluding hydrogens is 376 g/mol. The molecule has 2 rings (SSSR count). The molecule has 28 heavy (non-hydrogen) atoms. The van der Waals surface area contributed by atoms with Crippen molar-refractivity contribution in [1.29, 1.82) is 0 Å².